The molecule has 1 amide bonds. The Morgan fingerprint density at radius 1 is 1.25 bits per heavy atom. The van der Waals surface area contributed by atoms with Gasteiger partial charge in [0.05, 0.1) is 5.75 Å². The van der Waals surface area contributed by atoms with E-state index >= 15 is 0 Å². The van der Waals surface area contributed by atoms with Crippen molar-refractivity contribution in [1.82, 2.24) is 20.5 Å². The standard InChI is InChI=1S/C18H22N4OS/c23-17(19-15-9-13-6-7-14(15)8-13)11-24-18-20-16(21-22-18)10-12-4-2-1-3-5-12/h1-5,13-15H,6-11H2,(H,19,23)(H,20,21,22)/t13-,14-,15-/m1/s1. The van der Waals surface area contributed by atoms with Gasteiger partial charge in [0.25, 0.3) is 0 Å². The molecule has 126 valence electrons. The number of H-pyrrole nitrogens is 1. The summed E-state index contributed by atoms with van der Waals surface area (Å²) in [5.41, 5.74) is 1.19. The number of benzene rings is 1. The fourth-order valence-corrected chi connectivity index (χ4v) is 4.64. The van der Waals surface area contributed by atoms with E-state index in [1.165, 1.54) is 43.0 Å². The van der Waals surface area contributed by atoms with E-state index in [1.807, 2.05) is 18.2 Å². The van der Waals surface area contributed by atoms with E-state index in [4.69, 9.17) is 0 Å². The number of hydrogen-bond donors (Lipinski definition) is 2. The largest absolute Gasteiger partial charge is 0.352 e. The zero-order chi connectivity index (χ0) is 16.4. The van der Waals surface area contributed by atoms with Crippen LogP contribution in [0.1, 0.15) is 37.1 Å². The zero-order valence-electron chi connectivity index (χ0n) is 13.6. The van der Waals surface area contributed by atoms with E-state index in [1.54, 1.807) is 0 Å². The number of hydrogen-bond acceptors (Lipinski definition) is 4. The first kappa shape index (κ1) is 15.7. The van der Waals surface area contributed by atoms with E-state index in [0.717, 1.165) is 18.2 Å². The first-order chi connectivity index (χ1) is 11.8. The number of aromatic nitrogens is 3. The van der Waals surface area contributed by atoms with Crippen LogP contribution >= 0.6 is 11.8 Å². The summed E-state index contributed by atoms with van der Waals surface area (Å²) < 4.78 is 0. The van der Waals surface area contributed by atoms with Gasteiger partial charge in [-0.3, -0.25) is 9.89 Å². The van der Waals surface area contributed by atoms with Crippen LogP contribution in [-0.2, 0) is 11.2 Å². The molecule has 3 atom stereocenters. The number of rotatable bonds is 6. The molecule has 1 heterocycles. The van der Waals surface area contributed by atoms with Crippen molar-refractivity contribution >= 4 is 17.7 Å². The number of nitrogens with one attached hydrogen (secondary N) is 2. The Bertz CT molecular complexity index is 702. The minimum atomic E-state index is 0.104. The lowest BCUT2D eigenvalue weighted by atomic mass is 9.95. The van der Waals surface area contributed by atoms with Crippen molar-refractivity contribution in [2.24, 2.45) is 11.8 Å². The highest BCUT2D eigenvalue weighted by atomic mass is 32.2. The highest BCUT2D eigenvalue weighted by Gasteiger charge is 2.39. The van der Waals surface area contributed by atoms with Gasteiger partial charge in [0.2, 0.25) is 11.1 Å². The van der Waals surface area contributed by atoms with Crippen molar-refractivity contribution in [1.29, 1.82) is 0 Å². The lowest BCUT2D eigenvalue weighted by Gasteiger charge is -2.22. The fourth-order valence-electron chi connectivity index (χ4n) is 4.01. The Morgan fingerprint density at radius 2 is 2.12 bits per heavy atom. The molecule has 0 radical (unpaired) electrons. The summed E-state index contributed by atoms with van der Waals surface area (Å²) >= 11 is 1.40. The van der Waals surface area contributed by atoms with Crippen LogP contribution in [0.3, 0.4) is 0 Å². The molecule has 0 spiro atoms. The molecule has 2 saturated carbocycles. The van der Waals surface area contributed by atoms with Gasteiger partial charge < -0.3 is 5.32 Å². The number of carbonyl (C=O) groups excluding carboxylic acids is 1. The summed E-state index contributed by atoms with van der Waals surface area (Å²) in [6.07, 6.45) is 5.84. The first-order valence-corrected chi connectivity index (χ1v) is 9.62. The van der Waals surface area contributed by atoms with Crippen LogP contribution in [-0.4, -0.2) is 32.9 Å². The van der Waals surface area contributed by atoms with Gasteiger partial charge in [-0.05, 0) is 36.7 Å². The predicted octanol–water partition coefficient (Wildman–Crippen LogP) is 2.79. The molecule has 1 aromatic carbocycles. The van der Waals surface area contributed by atoms with Gasteiger partial charge in [-0.1, -0.05) is 48.5 Å². The smallest absolute Gasteiger partial charge is 0.230 e. The minimum absolute atomic E-state index is 0.104. The highest BCUT2D eigenvalue weighted by Crippen LogP contribution is 2.44. The van der Waals surface area contributed by atoms with Crippen molar-refractivity contribution in [3.63, 3.8) is 0 Å². The van der Waals surface area contributed by atoms with Crippen LogP contribution in [0, 0.1) is 11.8 Å². The van der Waals surface area contributed by atoms with Crippen LogP contribution in [0.4, 0.5) is 0 Å². The maximum absolute atomic E-state index is 12.1. The number of fused-ring (bicyclic) bond motifs is 2. The average Bonchev–Trinajstić information content (AvgIpc) is 3.31. The molecule has 2 N–H and O–H groups in total. The third kappa shape index (κ3) is 3.64. The van der Waals surface area contributed by atoms with Crippen LogP contribution in [0.25, 0.3) is 0 Å². The summed E-state index contributed by atoms with van der Waals surface area (Å²) in [5.74, 6) is 2.88. The number of aromatic amines is 1. The van der Waals surface area contributed by atoms with Gasteiger partial charge in [-0.25, -0.2) is 4.98 Å². The lowest BCUT2D eigenvalue weighted by molar-refractivity contribution is -0.119. The second-order valence-corrected chi connectivity index (χ2v) is 7.81. The minimum Gasteiger partial charge on any atom is -0.352 e. The Morgan fingerprint density at radius 3 is 2.88 bits per heavy atom. The topological polar surface area (TPSA) is 70.7 Å². The third-order valence-electron chi connectivity index (χ3n) is 5.14. The molecule has 1 aromatic heterocycles. The molecule has 4 rings (SSSR count). The molecule has 0 unspecified atom stereocenters. The monoisotopic (exact) mass is 342 g/mol. The van der Waals surface area contributed by atoms with E-state index in [9.17, 15) is 4.79 Å². The van der Waals surface area contributed by atoms with Crippen molar-refractivity contribution in [2.75, 3.05) is 5.75 Å². The molecule has 0 saturated heterocycles. The lowest BCUT2D eigenvalue weighted by Crippen LogP contribution is -2.39. The van der Waals surface area contributed by atoms with Crippen LogP contribution in [0.15, 0.2) is 35.5 Å². The van der Waals surface area contributed by atoms with E-state index in [-0.39, 0.29) is 5.91 Å². The Hall–Kier alpha value is -1.82. The molecule has 0 aliphatic heterocycles. The summed E-state index contributed by atoms with van der Waals surface area (Å²) in [4.78, 5) is 16.6. The third-order valence-corrected chi connectivity index (χ3v) is 5.99. The van der Waals surface area contributed by atoms with Crippen LogP contribution in [0.5, 0.6) is 0 Å². The molecule has 2 fully saturated rings. The van der Waals surface area contributed by atoms with Crippen molar-refractivity contribution in [3.8, 4) is 0 Å². The van der Waals surface area contributed by atoms with Gasteiger partial charge >= 0.3 is 0 Å². The second kappa shape index (κ2) is 6.97. The predicted molar refractivity (Wildman–Crippen MR) is 93.7 cm³/mol. The molecule has 2 aromatic rings. The normalized spacial score (nSPS) is 25.1. The van der Waals surface area contributed by atoms with Gasteiger partial charge in [-0.15, -0.1) is 5.10 Å². The van der Waals surface area contributed by atoms with E-state index in [2.05, 4.69) is 32.6 Å². The maximum atomic E-state index is 12.1. The number of carbonyl (C=O) groups is 1. The van der Waals surface area contributed by atoms with E-state index < -0.39 is 0 Å². The van der Waals surface area contributed by atoms with Gasteiger partial charge in [0.1, 0.15) is 5.82 Å². The van der Waals surface area contributed by atoms with Crippen molar-refractivity contribution in [3.05, 3.63) is 41.7 Å². The molecular formula is C18H22N4OS. The average molecular weight is 342 g/mol. The molecule has 2 bridgehead atoms. The molecule has 6 heteroatoms. The molecular weight excluding hydrogens is 320 g/mol. The maximum Gasteiger partial charge on any atom is 0.230 e. The first-order valence-electron chi connectivity index (χ1n) is 8.63. The SMILES string of the molecule is O=C(CSc1n[nH]c(Cc2ccccc2)n1)N[C@@H]1C[C@@H]2CC[C@@H]1C2. The quantitative estimate of drug-likeness (QED) is 0.792. The van der Waals surface area contributed by atoms with Crippen molar-refractivity contribution < 1.29 is 4.79 Å². The summed E-state index contributed by atoms with van der Waals surface area (Å²) in [7, 11) is 0. The van der Waals surface area contributed by atoms with Gasteiger partial charge in [0.15, 0.2) is 0 Å². The number of nitrogens with zero attached hydrogens (tertiary/aromatic N) is 2. The number of thioether (sulfide) groups is 1. The Balaban J connectivity index is 1.25. The molecule has 5 nitrogen and oxygen atoms in total. The zero-order valence-corrected chi connectivity index (χ0v) is 14.4. The van der Waals surface area contributed by atoms with Gasteiger partial charge in [0, 0.05) is 12.5 Å². The highest BCUT2D eigenvalue weighted by molar-refractivity contribution is 7.99. The Labute approximate surface area is 146 Å². The molecule has 24 heavy (non-hydrogen) atoms. The van der Waals surface area contributed by atoms with E-state index in [0.29, 0.717) is 22.9 Å². The van der Waals surface area contributed by atoms with Gasteiger partial charge in [-0.2, -0.15) is 0 Å². The van der Waals surface area contributed by atoms with Crippen LogP contribution < -0.4 is 5.32 Å². The second-order valence-electron chi connectivity index (χ2n) is 6.86. The summed E-state index contributed by atoms with van der Waals surface area (Å²) in [5, 5.41) is 11.0. The molecule has 2 aliphatic carbocycles. The summed E-state index contributed by atoms with van der Waals surface area (Å²) in [6.45, 7) is 0. The van der Waals surface area contributed by atoms with Crippen molar-refractivity contribution in [2.45, 2.75) is 43.3 Å². The van der Waals surface area contributed by atoms with Crippen LogP contribution in [0.2, 0.25) is 0 Å². The number of amides is 1. The molecule has 2 aliphatic rings. The fraction of sp³-hybridized carbons (Fsp3) is 0.500. The Kier molecular flexibility index (Phi) is 4.56. The summed E-state index contributed by atoms with van der Waals surface area (Å²) in [6, 6.07) is 10.6.